The minimum Gasteiger partial charge on any atom is -0.494 e. The second-order valence-corrected chi connectivity index (χ2v) is 7.07. The molecule has 1 N–H and O–H groups in total. The molecule has 1 aromatic rings. The molecule has 1 amide bonds. The van der Waals surface area contributed by atoms with E-state index in [1.165, 1.54) is 0 Å². The van der Waals surface area contributed by atoms with Gasteiger partial charge in [0.05, 0.1) is 13.2 Å². The predicted molar refractivity (Wildman–Crippen MR) is 100 cm³/mol. The fourth-order valence-electron chi connectivity index (χ4n) is 3.39. The number of likely N-dealkylation sites (N-methyl/N-ethyl adjacent to an activating group) is 1. The summed E-state index contributed by atoms with van der Waals surface area (Å²) >= 11 is 0. The minimum absolute atomic E-state index is 0.0475. The van der Waals surface area contributed by atoms with E-state index in [2.05, 4.69) is 0 Å². The van der Waals surface area contributed by atoms with Crippen LogP contribution in [0.25, 0.3) is 0 Å². The molecule has 6 heteroatoms. The predicted octanol–water partition coefficient (Wildman–Crippen LogP) is 2.49. The number of nitrogens with zero attached hydrogens (tertiary/aromatic N) is 2. The molecule has 0 aromatic heterocycles. The number of hydrogen-bond acceptors (Lipinski definition) is 4. The molecule has 0 aliphatic carbocycles. The highest BCUT2D eigenvalue weighted by molar-refractivity contribution is 5.78. The monoisotopic (exact) mass is 362 g/mol. The Morgan fingerprint density at radius 1 is 1.27 bits per heavy atom. The first kappa shape index (κ1) is 20.2. The van der Waals surface area contributed by atoms with Crippen LogP contribution in [0.2, 0.25) is 0 Å². The quantitative estimate of drug-likeness (QED) is 0.769. The number of para-hydroxylation sites is 1. The van der Waals surface area contributed by atoms with Crippen molar-refractivity contribution in [1.82, 2.24) is 9.80 Å². The fourth-order valence-corrected chi connectivity index (χ4v) is 3.39. The molecule has 2 rings (SSSR count). The number of carbonyl (C=O) groups excluding carboxylic acids is 1. The molecule has 144 valence electrons. The summed E-state index contributed by atoms with van der Waals surface area (Å²) in [4.78, 5) is 27.4. The maximum absolute atomic E-state index is 12.7. The Kier molecular flexibility index (Phi) is 7.91. The molecule has 2 atom stereocenters. The topological polar surface area (TPSA) is 70.1 Å². The number of aliphatic carboxylic acids is 1. The molecule has 26 heavy (non-hydrogen) atoms. The van der Waals surface area contributed by atoms with Crippen molar-refractivity contribution in [3.63, 3.8) is 0 Å². The van der Waals surface area contributed by atoms with Crippen LogP contribution in [-0.4, -0.2) is 66.1 Å². The molecule has 0 saturated carbocycles. The summed E-state index contributed by atoms with van der Waals surface area (Å²) in [6.45, 7) is 3.97. The van der Waals surface area contributed by atoms with Crippen molar-refractivity contribution in [2.75, 3.05) is 33.3 Å². The van der Waals surface area contributed by atoms with Crippen LogP contribution in [0.1, 0.15) is 32.6 Å². The molecule has 1 aliphatic rings. The molecule has 6 nitrogen and oxygen atoms in total. The first-order valence-corrected chi connectivity index (χ1v) is 9.36. The number of amides is 1. The van der Waals surface area contributed by atoms with Crippen LogP contribution in [-0.2, 0) is 9.59 Å². The number of ether oxygens (including phenoxy) is 1. The van der Waals surface area contributed by atoms with Crippen LogP contribution in [0.5, 0.6) is 5.75 Å². The fraction of sp³-hybridized carbons (Fsp3) is 0.600. The standard InChI is InChI=1S/C20H30N2O4/c1-16(11-14-26-18-8-4-3-5-9-18)20(25)22-12-6-7-17(10-13-22)21(2)15-19(23)24/h3-5,8-9,16-17H,6-7,10-15H2,1-2H3,(H,23,24). The van der Waals surface area contributed by atoms with Gasteiger partial charge in [-0.25, -0.2) is 0 Å². The Labute approximate surface area is 155 Å². The van der Waals surface area contributed by atoms with Gasteiger partial charge < -0.3 is 14.7 Å². The smallest absolute Gasteiger partial charge is 0.317 e. The van der Waals surface area contributed by atoms with Gasteiger partial charge in [0.15, 0.2) is 0 Å². The van der Waals surface area contributed by atoms with Gasteiger partial charge in [0.1, 0.15) is 5.75 Å². The van der Waals surface area contributed by atoms with Crippen LogP contribution in [0, 0.1) is 5.92 Å². The van der Waals surface area contributed by atoms with Gasteiger partial charge in [-0.05, 0) is 44.9 Å². The number of benzene rings is 1. The SMILES string of the molecule is CC(CCOc1ccccc1)C(=O)N1CCCC(N(C)CC(=O)O)CC1. The van der Waals surface area contributed by atoms with E-state index in [1.807, 2.05) is 54.1 Å². The van der Waals surface area contributed by atoms with E-state index >= 15 is 0 Å². The zero-order valence-electron chi connectivity index (χ0n) is 15.8. The van der Waals surface area contributed by atoms with E-state index in [0.29, 0.717) is 19.6 Å². The van der Waals surface area contributed by atoms with Gasteiger partial charge in [-0.2, -0.15) is 0 Å². The molecule has 1 saturated heterocycles. The van der Waals surface area contributed by atoms with Crippen molar-refractivity contribution in [3.05, 3.63) is 30.3 Å². The average Bonchev–Trinajstić information content (AvgIpc) is 2.87. The largest absolute Gasteiger partial charge is 0.494 e. The van der Waals surface area contributed by atoms with E-state index in [4.69, 9.17) is 9.84 Å². The van der Waals surface area contributed by atoms with Crippen molar-refractivity contribution < 1.29 is 19.4 Å². The third-order valence-electron chi connectivity index (χ3n) is 5.00. The summed E-state index contributed by atoms with van der Waals surface area (Å²) < 4.78 is 5.69. The second-order valence-electron chi connectivity index (χ2n) is 7.07. The number of rotatable bonds is 8. The molecule has 1 heterocycles. The van der Waals surface area contributed by atoms with Crippen molar-refractivity contribution in [2.24, 2.45) is 5.92 Å². The third kappa shape index (κ3) is 6.33. The number of carboxylic acids is 1. The molecule has 0 bridgehead atoms. The van der Waals surface area contributed by atoms with E-state index in [9.17, 15) is 9.59 Å². The van der Waals surface area contributed by atoms with Crippen LogP contribution in [0.4, 0.5) is 0 Å². The van der Waals surface area contributed by atoms with Crippen LogP contribution >= 0.6 is 0 Å². The lowest BCUT2D eigenvalue weighted by Crippen LogP contribution is -2.39. The molecule has 0 radical (unpaired) electrons. The molecule has 1 aliphatic heterocycles. The van der Waals surface area contributed by atoms with Crippen molar-refractivity contribution in [3.8, 4) is 5.75 Å². The normalized spacial score (nSPS) is 19.0. The summed E-state index contributed by atoms with van der Waals surface area (Å²) in [7, 11) is 1.85. The lowest BCUT2D eigenvalue weighted by molar-refractivity contribution is -0.139. The van der Waals surface area contributed by atoms with Crippen LogP contribution in [0.15, 0.2) is 30.3 Å². The van der Waals surface area contributed by atoms with Gasteiger partial charge in [0, 0.05) is 25.0 Å². The van der Waals surface area contributed by atoms with Crippen LogP contribution < -0.4 is 4.74 Å². The summed E-state index contributed by atoms with van der Waals surface area (Å²) in [6.07, 6.45) is 3.35. The highest BCUT2D eigenvalue weighted by atomic mass is 16.5. The number of hydrogen-bond donors (Lipinski definition) is 1. The maximum Gasteiger partial charge on any atom is 0.317 e. The Hall–Kier alpha value is -2.08. The zero-order chi connectivity index (χ0) is 18.9. The first-order chi connectivity index (χ1) is 12.5. The summed E-state index contributed by atoms with van der Waals surface area (Å²) in [5.41, 5.74) is 0. The maximum atomic E-state index is 12.7. The van der Waals surface area contributed by atoms with Gasteiger partial charge in [0.2, 0.25) is 5.91 Å². The van der Waals surface area contributed by atoms with Crippen molar-refractivity contribution in [2.45, 2.75) is 38.6 Å². The van der Waals surface area contributed by atoms with Crippen LogP contribution in [0.3, 0.4) is 0 Å². The van der Waals surface area contributed by atoms with E-state index < -0.39 is 5.97 Å². The lowest BCUT2D eigenvalue weighted by Gasteiger charge is -2.26. The molecular formula is C20H30N2O4. The minimum atomic E-state index is -0.809. The van der Waals surface area contributed by atoms with Crippen molar-refractivity contribution >= 4 is 11.9 Å². The van der Waals surface area contributed by atoms with Gasteiger partial charge in [-0.1, -0.05) is 25.1 Å². The van der Waals surface area contributed by atoms with E-state index in [-0.39, 0.29) is 24.4 Å². The van der Waals surface area contributed by atoms with Crippen molar-refractivity contribution in [1.29, 1.82) is 0 Å². The Bertz CT molecular complexity index is 578. The number of carboxylic acid groups (broad SMARTS) is 1. The Morgan fingerprint density at radius 2 is 2.00 bits per heavy atom. The Morgan fingerprint density at radius 3 is 2.69 bits per heavy atom. The summed E-state index contributed by atoms with van der Waals surface area (Å²) in [5.74, 6) is 0.109. The number of carbonyl (C=O) groups is 2. The lowest BCUT2D eigenvalue weighted by atomic mass is 10.1. The van der Waals surface area contributed by atoms with Gasteiger partial charge in [-0.15, -0.1) is 0 Å². The Balaban J connectivity index is 1.76. The number of likely N-dealkylation sites (tertiary alicyclic amines) is 1. The summed E-state index contributed by atoms with van der Waals surface area (Å²) in [5, 5.41) is 8.94. The molecule has 2 unspecified atom stereocenters. The highest BCUT2D eigenvalue weighted by Crippen LogP contribution is 2.19. The molecular weight excluding hydrogens is 332 g/mol. The first-order valence-electron chi connectivity index (χ1n) is 9.36. The van der Waals surface area contributed by atoms with E-state index in [0.717, 1.165) is 31.6 Å². The van der Waals surface area contributed by atoms with Gasteiger partial charge in [0.25, 0.3) is 0 Å². The molecule has 1 aromatic carbocycles. The van der Waals surface area contributed by atoms with Gasteiger partial charge in [-0.3, -0.25) is 14.5 Å². The summed E-state index contributed by atoms with van der Waals surface area (Å²) in [6, 6.07) is 9.85. The molecule has 0 spiro atoms. The van der Waals surface area contributed by atoms with E-state index in [1.54, 1.807) is 0 Å². The third-order valence-corrected chi connectivity index (χ3v) is 5.00. The zero-order valence-corrected chi connectivity index (χ0v) is 15.8. The highest BCUT2D eigenvalue weighted by Gasteiger charge is 2.26. The average molecular weight is 362 g/mol. The second kappa shape index (κ2) is 10.2. The molecule has 1 fully saturated rings. The van der Waals surface area contributed by atoms with Gasteiger partial charge >= 0.3 is 5.97 Å².